The van der Waals surface area contributed by atoms with Crippen LogP contribution in [0.4, 0.5) is 13.2 Å². The third-order valence-electron chi connectivity index (χ3n) is 7.57. The smallest absolute Gasteiger partial charge is 0.475 e. The second-order valence-electron chi connectivity index (χ2n) is 10.6. The summed E-state index contributed by atoms with van der Waals surface area (Å²) in [6, 6.07) is 6.62. The normalized spacial score (nSPS) is 15.9. The maximum atomic E-state index is 12.3. The van der Waals surface area contributed by atoms with Crippen LogP contribution in [0.2, 0.25) is 0 Å². The number of nitrogens with zero attached hydrogens (tertiary/aromatic N) is 1. The lowest BCUT2D eigenvalue weighted by molar-refractivity contribution is -0.192. The van der Waals surface area contributed by atoms with E-state index in [4.69, 9.17) is 15.6 Å². The van der Waals surface area contributed by atoms with Crippen molar-refractivity contribution in [3.05, 3.63) is 45.8 Å². The van der Waals surface area contributed by atoms with Crippen molar-refractivity contribution in [1.29, 1.82) is 0 Å². The molecule has 5 N–H and O–H groups in total. The van der Waals surface area contributed by atoms with Crippen LogP contribution in [0.25, 0.3) is 22.0 Å². The number of hydrogen-bond donors (Lipinski definition) is 4. The Bertz CT molecular complexity index is 1510. The molecule has 0 radical (unpaired) electrons. The molecule has 2 aromatic heterocycles. The lowest BCUT2D eigenvalue weighted by Gasteiger charge is -2.31. The van der Waals surface area contributed by atoms with Gasteiger partial charge in [-0.3, -0.25) is 4.79 Å². The molecule has 42 heavy (non-hydrogen) atoms. The predicted octanol–water partition coefficient (Wildman–Crippen LogP) is 5.29. The second kappa shape index (κ2) is 13.6. The summed E-state index contributed by atoms with van der Waals surface area (Å²) >= 11 is 1.71. The van der Waals surface area contributed by atoms with Crippen LogP contribution in [0.1, 0.15) is 67.3 Å². The number of carboxylic acids is 1. The minimum absolute atomic E-state index is 0.130. The van der Waals surface area contributed by atoms with E-state index in [0.29, 0.717) is 30.6 Å². The van der Waals surface area contributed by atoms with Crippen molar-refractivity contribution in [2.24, 2.45) is 11.7 Å². The zero-order valence-corrected chi connectivity index (χ0v) is 25.5. The number of benzene rings is 1. The van der Waals surface area contributed by atoms with Gasteiger partial charge in [0, 0.05) is 42.1 Å². The summed E-state index contributed by atoms with van der Waals surface area (Å²) in [4.78, 5) is 25.8. The molecule has 1 saturated heterocycles. The van der Waals surface area contributed by atoms with Crippen molar-refractivity contribution in [3.8, 4) is 11.1 Å². The maximum absolute atomic E-state index is 12.3. The molecule has 1 aliphatic rings. The van der Waals surface area contributed by atoms with Gasteiger partial charge in [0.25, 0.3) is 5.91 Å². The van der Waals surface area contributed by atoms with Gasteiger partial charge in [0.05, 0.1) is 16.8 Å². The van der Waals surface area contributed by atoms with Gasteiger partial charge in [0.1, 0.15) is 0 Å². The van der Waals surface area contributed by atoms with Gasteiger partial charge >= 0.3 is 12.1 Å². The molecule has 1 atom stereocenters. The molecule has 9 nitrogen and oxygen atoms in total. The molecular formula is C28H37F3N4O5S2. The van der Waals surface area contributed by atoms with Crippen LogP contribution in [0.3, 0.4) is 0 Å². The molecule has 0 aliphatic carbocycles. The summed E-state index contributed by atoms with van der Waals surface area (Å²) in [6.07, 6.45) is -1.61. The maximum Gasteiger partial charge on any atom is 0.490 e. The second-order valence-corrected chi connectivity index (χ2v) is 13.9. The zero-order valence-electron chi connectivity index (χ0n) is 23.9. The van der Waals surface area contributed by atoms with Gasteiger partial charge in [-0.2, -0.15) is 13.2 Å². The van der Waals surface area contributed by atoms with Crippen LogP contribution in [-0.4, -0.2) is 65.8 Å². The number of carbonyl (C=O) groups excluding carboxylic acids is 1. The van der Waals surface area contributed by atoms with Crippen molar-refractivity contribution in [2.45, 2.75) is 65.2 Å². The lowest BCUT2D eigenvalue weighted by Crippen LogP contribution is -2.38. The third kappa shape index (κ3) is 8.12. The van der Waals surface area contributed by atoms with Gasteiger partial charge in [-0.05, 0) is 78.8 Å². The van der Waals surface area contributed by atoms with Crippen molar-refractivity contribution in [3.63, 3.8) is 0 Å². The van der Waals surface area contributed by atoms with Gasteiger partial charge in [-0.25, -0.2) is 17.5 Å². The lowest BCUT2D eigenvalue weighted by atomic mass is 9.88. The van der Waals surface area contributed by atoms with Crippen LogP contribution in [0, 0.1) is 5.92 Å². The number of sulfonamides is 1. The summed E-state index contributed by atoms with van der Waals surface area (Å²) < 4.78 is 57.9. The first-order chi connectivity index (χ1) is 19.5. The minimum Gasteiger partial charge on any atom is -0.475 e. The van der Waals surface area contributed by atoms with E-state index in [-0.39, 0.29) is 11.7 Å². The summed E-state index contributed by atoms with van der Waals surface area (Å²) in [6.45, 7) is 10.1. The predicted molar refractivity (Wildman–Crippen MR) is 158 cm³/mol. The number of aromatic amines is 1. The number of alkyl halides is 3. The Morgan fingerprint density at radius 1 is 1.17 bits per heavy atom. The molecule has 232 valence electrons. The number of halogens is 3. The van der Waals surface area contributed by atoms with Gasteiger partial charge in [0.15, 0.2) is 0 Å². The quantitative estimate of drug-likeness (QED) is 0.253. The average molecular weight is 631 g/mol. The first-order valence-corrected chi connectivity index (χ1v) is 16.1. The standard InChI is InChI=1S/C26H36N4O3S2.C2HF3O2/c1-5-35(32,33)30-8-6-18(7-9-30)24-14-29-25-22(24)11-19(12-23(25)26(27)31)20-10-21(34-15-20)13-28-17(4)16(2)3;3-2(4,5)1(6)7/h10-12,14-18,28-29H,5-9,13H2,1-4H3,(H2,27,31);(H,6,7). The van der Waals surface area contributed by atoms with Crippen molar-refractivity contribution in [1.82, 2.24) is 14.6 Å². The van der Waals surface area contributed by atoms with Crippen molar-refractivity contribution < 1.29 is 36.3 Å². The molecule has 1 aliphatic heterocycles. The number of thiophene rings is 1. The molecule has 1 fully saturated rings. The number of carboxylic acid groups (broad SMARTS) is 1. The number of aliphatic carboxylic acids is 1. The van der Waals surface area contributed by atoms with E-state index in [1.165, 1.54) is 4.88 Å². The number of carbonyl (C=O) groups is 2. The highest BCUT2D eigenvalue weighted by Gasteiger charge is 2.38. The summed E-state index contributed by atoms with van der Waals surface area (Å²) in [5.41, 5.74) is 10.2. The van der Waals surface area contributed by atoms with Gasteiger partial charge in [-0.1, -0.05) is 13.8 Å². The molecule has 1 aromatic carbocycles. The first-order valence-electron chi connectivity index (χ1n) is 13.6. The molecule has 0 bridgehead atoms. The largest absolute Gasteiger partial charge is 0.490 e. The molecule has 3 heterocycles. The zero-order chi connectivity index (χ0) is 31.4. The highest BCUT2D eigenvalue weighted by atomic mass is 32.2. The minimum atomic E-state index is -5.08. The number of H-pyrrole nitrogens is 1. The molecule has 0 spiro atoms. The van der Waals surface area contributed by atoms with E-state index >= 15 is 0 Å². The Hall–Kier alpha value is -2.94. The topological polar surface area (TPSA) is 146 Å². The van der Waals surface area contributed by atoms with E-state index in [9.17, 15) is 26.4 Å². The van der Waals surface area contributed by atoms with Crippen LogP contribution >= 0.6 is 11.3 Å². The van der Waals surface area contributed by atoms with E-state index in [1.807, 2.05) is 12.3 Å². The van der Waals surface area contributed by atoms with Crippen LogP contribution in [-0.2, 0) is 21.4 Å². The van der Waals surface area contributed by atoms with Crippen LogP contribution in [0.15, 0.2) is 29.8 Å². The Kier molecular flexibility index (Phi) is 10.8. The summed E-state index contributed by atoms with van der Waals surface area (Å²) in [7, 11) is -3.17. The van der Waals surface area contributed by atoms with E-state index in [0.717, 1.165) is 47.0 Å². The molecule has 1 amide bonds. The Labute approximate surface area is 247 Å². The van der Waals surface area contributed by atoms with Crippen molar-refractivity contribution in [2.75, 3.05) is 18.8 Å². The Balaban J connectivity index is 0.000000616. The number of hydrogen-bond acceptors (Lipinski definition) is 6. The highest BCUT2D eigenvalue weighted by molar-refractivity contribution is 7.89. The van der Waals surface area contributed by atoms with Crippen molar-refractivity contribution >= 4 is 44.1 Å². The van der Waals surface area contributed by atoms with E-state index < -0.39 is 28.1 Å². The average Bonchev–Trinajstić information content (AvgIpc) is 3.58. The van der Waals surface area contributed by atoms with E-state index in [2.05, 4.69) is 48.6 Å². The molecule has 4 rings (SSSR count). The number of amides is 1. The van der Waals surface area contributed by atoms with Crippen LogP contribution in [0.5, 0.6) is 0 Å². The highest BCUT2D eigenvalue weighted by Crippen LogP contribution is 2.38. The Morgan fingerprint density at radius 2 is 1.79 bits per heavy atom. The number of nitrogens with two attached hydrogens (primary N) is 1. The molecular weight excluding hydrogens is 593 g/mol. The Morgan fingerprint density at radius 3 is 2.31 bits per heavy atom. The number of fused-ring (bicyclic) bond motifs is 1. The van der Waals surface area contributed by atoms with Crippen LogP contribution < -0.4 is 11.1 Å². The van der Waals surface area contributed by atoms with E-state index in [1.54, 1.807) is 22.6 Å². The molecule has 0 saturated carbocycles. The molecule has 1 unspecified atom stereocenters. The number of primary amides is 1. The number of aromatic nitrogens is 1. The fourth-order valence-electron chi connectivity index (χ4n) is 4.70. The van der Waals surface area contributed by atoms with Gasteiger partial charge in [0.2, 0.25) is 10.0 Å². The number of piperidine rings is 1. The number of rotatable bonds is 9. The van der Waals surface area contributed by atoms with Gasteiger partial charge in [-0.15, -0.1) is 11.3 Å². The fraction of sp³-hybridized carbons (Fsp3) is 0.500. The summed E-state index contributed by atoms with van der Waals surface area (Å²) in [5, 5.41) is 13.8. The molecule has 3 aromatic rings. The van der Waals surface area contributed by atoms with Gasteiger partial charge < -0.3 is 21.1 Å². The fourth-order valence-corrected chi connectivity index (χ4v) is 6.68. The first kappa shape index (κ1) is 33.6. The SMILES string of the molecule is CCS(=O)(=O)N1CCC(c2c[nH]c3c(C(N)=O)cc(-c4csc(CNC(C)C(C)C)c4)cc23)CC1.O=C(O)C(F)(F)F. The molecule has 14 heteroatoms. The number of nitrogens with one attached hydrogen (secondary N) is 2. The monoisotopic (exact) mass is 630 g/mol. The summed E-state index contributed by atoms with van der Waals surface area (Å²) in [5.74, 6) is -2.30. The third-order valence-corrected chi connectivity index (χ3v) is 10.4.